The first-order chi connectivity index (χ1) is 7.44. The number of aromatic nitrogens is 2. The fourth-order valence-corrected chi connectivity index (χ4v) is 2.06. The van der Waals surface area contributed by atoms with Gasteiger partial charge in [-0.25, -0.2) is 0 Å². The molecule has 0 aliphatic rings. The second-order valence-corrected chi connectivity index (χ2v) is 5.03. The fourth-order valence-electron chi connectivity index (χ4n) is 2.06. The van der Waals surface area contributed by atoms with Crippen molar-refractivity contribution >= 4 is 0 Å². The van der Waals surface area contributed by atoms with Crippen LogP contribution in [0.5, 0.6) is 0 Å². The molecule has 16 heavy (non-hydrogen) atoms. The molecule has 0 spiro atoms. The van der Waals surface area contributed by atoms with Gasteiger partial charge in [-0.15, -0.1) is 0 Å². The topological polar surface area (TPSA) is 38.1 Å². The Morgan fingerprint density at radius 3 is 2.62 bits per heavy atom. The quantitative estimate of drug-likeness (QED) is 0.754. The molecule has 0 bridgehead atoms. The molecule has 0 aromatic carbocycles. The van der Waals surface area contributed by atoms with Gasteiger partial charge in [-0.3, -0.25) is 4.68 Å². The summed E-state index contributed by atoms with van der Waals surface area (Å²) in [5, 5.41) is 14.6. The maximum absolute atomic E-state index is 10.3. The van der Waals surface area contributed by atoms with E-state index in [1.54, 1.807) is 0 Å². The largest absolute Gasteiger partial charge is 0.390 e. The van der Waals surface area contributed by atoms with Gasteiger partial charge in [0.25, 0.3) is 0 Å². The van der Waals surface area contributed by atoms with Crippen molar-refractivity contribution in [2.24, 2.45) is 7.05 Å². The number of aliphatic hydroxyl groups is 1. The van der Waals surface area contributed by atoms with E-state index in [0.717, 1.165) is 24.2 Å². The smallest absolute Gasteiger partial charge is 0.0674 e. The Labute approximate surface area is 98.5 Å². The molecular formula is C13H24N2O. The summed E-state index contributed by atoms with van der Waals surface area (Å²) < 4.78 is 1.86. The molecule has 0 aliphatic carbocycles. The number of hydrogen-bond acceptors (Lipinski definition) is 2. The van der Waals surface area contributed by atoms with Gasteiger partial charge in [-0.1, -0.05) is 26.2 Å². The van der Waals surface area contributed by atoms with E-state index in [9.17, 15) is 5.11 Å². The van der Waals surface area contributed by atoms with Gasteiger partial charge in [-0.2, -0.15) is 5.10 Å². The van der Waals surface area contributed by atoms with Gasteiger partial charge in [-0.05, 0) is 26.3 Å². The average Bonchev–Trinajstić information content (AvgIpc) is 2.44. The Balaban J connectivity index is 2.54. The SMILES string of the molecule is CCCCCC(C)(O)Cc1cc(C)nn1C. The summed E-state index contributed by atoms with van der Waals surface area (Å²) in [6, 6.07) is 2.05. The molecule has 1 N–H and O–H groups in total. The molecule has 1 aromatic heterocycles. The van der Waals surface area contributed by atoms with Crippen LogP contribution >= 0.6 is 0 Å². The second-order valence-electron chi connectivity index (χ2n) is 5.03. The summed E-state index contributed by atoms with van der Waals surface area (Å²) in [6.07, 6.45) is 5.04. The standard InChI is InChI=1S/C13H24N2O/c1-5-6-7-8-13(3,16)10-12-9-11(2)14-15(12)4/h9,16H,5-8,10H2,1-4H3. The van der Waals surface area contributed by atoms with Crippen LogP contribution in [-0.2, 0) is 13.5 Å². The highest BCUT2D eigenvalue weighted by Crippen LogP contribution is 2.20. The van der Waals surface area contributed by atoms with Gasteiger partial charge in [0, 0.05) is 19.2 Å². The predicted molar refractivity (Wildman–Crippen MR) is 66.4 cm³/mol. The zero-order valence-corrected chi connectivity index (χ0v) is 11.0. The third-order valence-electron chi connectivity index (χ3n) is 2.98. The van der Waals surface area contributed by atoms with E-state index in [-0.39, 0.29) is 0 Å². The summed E-state index contributed by atoms with van der Waals surface area (Å²) in [4.78, 5) is 0. The minimum atomic E-state index is -0.602. The van der Waals surface area contributed by atoms with Crippen LogP contribution in [0, 0.1) is 6.92 Å². The minimum absolute atomic E-state index is 0.602. The van der Waals surface area contributed by atoms with Crippen LogP contribution < -0.4 is 0 Å². The van der Waals surface area contributed by atoms with E-state index in [0.29, 0.717) is 6.42 Å². The third kappa shape index (κ3) is 3.97. The minimum Gasteiger partial charge on any atom is -0.390 e. The monoisotopic (exact) mass is 224 g/mol. The summed E-state index contributed by atoms with van der Waals surface area (Å²) in [5.41, 5.74) is 1.52. The van der Waals surface area contributed by atoms with Crippen LogP contribution in [0.25, 0.3) is 0 Å². The number of hydrogen-bond donors (Lipinski definition) is 1. The summed E-state index contributed by atoms with van der Waals surface area (Å²) >= 11 is 0. The fraction of sp³-hybridized carbons (Fsp3) is 0.769. The highest BCUT2D eigenvalue weighted by molar-refractivity contribution is 5.11. The van der Waals surface area contributed by atoms with Crippen LogP contribution in [-0.4, -0.2) is 20.5 Å². The molecule has 92 valence electrons. The van der Waals surface area contributed by atoms with E-state index in [2.05, 4.69) is 12.0 Å². The van der Waals surface area contributed by atoms with Crippen molar-refractivity contribution in [2.75, 3.05) is 0 Å². The highest BCUT2D eigenvalue weighted by Gasteiger charge is 2.22. The molecule has 0 saturated heterocycles. The van der Waals surface area contributed by atoms with Crippen molar-refractivity contribution < 1.29 is 5.11 Å². The first-order valence-corrected chi connectivity index (χ1v) is 6.16. The lowest BCUT2D eigenvalue weighted by atomic mass is 9.93. The van der Waals surface area contributed by atoms with Crippen molar-refractivity contribution in [3.8, 4) is 0 Å². The van der Waals surface area contributed by atoms with Crippen LogP contribution in [0.4, 0.5) is 0 Å². The Kier molecular flexibility index (Phi) is 4.54. The van der Waals surface area contributed by atoms with Gasteiger partial charge < -0.3 is 5.11 Å². The molecule has 0 aliphatic heterocycles. The third-order valence-corrected chi connectivity index (χ3v) is 2.98. The first-order valence-electron chi connectivity index (χ1n) is 6.16. The lowest BCUT2D eigenvalue weighted by molar-refractivity contribution is 0.0467. The number of aryl methyl sites for hydroxylation is 2. The van der Waals surface area contributed by atoms with Crippen LogP contribution in [0.1, 0.15) is 50.9 Å². The van der Waals surface area contributed by atoms with Gasteiger partial charge in [0.15, 0.2) is 0 Å². The van der Waals surface area contributed by atoms with Gasteiger partial charge in [0.05, 0.1) is 11.3 Å². The molecular weight excluding hydrogens is 200 g/mol. The van der Waals surface area contributed by atoms with E-state index < -0.39 is 5.60 Å². The molecule has 0 amide bonds. The zero-order chi connectivity index (χ0) is 12.2. The lowest BCUT2D eigenvalue weighted by Gasteiger charge is -2.23. The Hall–Kier alpha value is -0.830. The normalized spacial score (nSPS) is 15.1. The molecule has 0 radical (unpaired) electrons. The van der Waals surface area contributed by atoms with E-state index >= 15 is 0 Å². The molecule has 1 rings (SSSR count). The van der Waals surface area contributed by atoms with E-state index in [4.69, 9.17) is 0 Å². The second kappa shape index (κ2) is 5.48. The predicted octanol–water partition coefficient (Wildman–Crippen LogP) is 2.60. The molecule has 1 aromatic rings. The zero-order valence-electron chi connectivity index (χ0n) is 11.0. The van der Waals surface area contributed by atoms with Crippen LogP contribution in [0.2, 0.25) is 0 Å². The van der Waals surface area contributed by atoms with Crippen molar-refractivity contribution in [2.45, 2.75) is 58.5 Å². The maximum atomic E-state index is 10.3. The molecule has 0 fully saturated rings. The number of unbranched alkanes of at least 4 members (excludes halogenated alkanes) is 2. The van der Waals surface area contributed by atoms with Crippen molar-refractivity contribution in [1.29, 1.82) is 0 Å². The van der Waals surface area contributed by atoms with Crippen LogP contribution in [0.15, 0.2) is 6.07 Å². The number of nitrogens with zero attached hydrogens (tertiary/aromatic N) is 2. The molecule has 1 atom stereocenters. The van der Waals surface area contributed by atoms with Crippen LogP contribution in [0.3, 0.4) is 0 Å². The molecule has 3 heteroatoms. The molecule has 0 saturated carbocycles. The van der Waals surface area contributed by atoms with Gasteiger partial charge >= 0.3 is 0 Å². The van der Waals surface area contributed by atoms with E-state index in [1.165, 1.54) is 12.8 Å². The van der Waals surface area contributed by atoms with Gasteiger partial charge in [0.2, 0.25) is 0 Å². The van der Waals surface area contributed by atoms with Crippen molar-refractivity contribution in [1.82, 2.24) is 9.78 Å². The summed E-state index contributed by atoms with van der Waals surface area (Å²) in [6.45, 7) is 6.08. The molecule has 1 unspecified atom stereocenters. The molecule has 3 nitrogen and oxygen atoms in total. The van der Waals surface area contributed by atoms with Gasteiger partial charge in [0.1, 0.15) is 0 Å². The lowest BCUT2D eigenvalue weighted by Crippen LogP contribution is -2.28. The maximum Gasteiger partial charge on any atom is 0.0674 e. The van der Waals surface area contributed by atoms with Crippen molar-refractivity contribution in [3.63, 3.8) is 0 Å². The first kappa shape index (κ1) is 13.2. The number of rotatable bonds is 6. The Morgan fingerprint density at radius 1 is 1.44 bits per heavy atom. The average molecular weight is 224 g/mol. The highest BCUT2D eigenvalue weighted by atomic mass is 16.3. The van der Waals surface area contributed by atoms with E-state index in [1.807, 2.05) is 31.6 Å². The Bertz CT molecular complexity index is 329. The molecule has 1 heterocycles. The summed E-state index contributed by atoms with van der Waals surface area (Å²) in [5.74, 6) is 0. The Morgan fingerprint density at radius 2 is 2.12 bits per heavy atom. The van der Waals surface area contributed by atoms with Crippen molar-refractivity contribution in [3.05, 3.63) is 17.5 Å². The summed E-state index contributed by atoms with van der Waals surface area (Å²) in [7, 11) is 1.93.